The van der Waals surface area contributed by atoms with Gasteiger partial charge in [-0.15, -0.1) is 0 Å². The van der Waals surface area contributed by atoms with Crippen molar-refractivity contribution in [2.75, 3.05) is 7.11 Å². The molecule has 0 aliphatic rings. The highest BCUT2D eigenvalue weighted by Gasteiger charge is 2.09. The largest absolute Gasteiger partial charge is 0.489 e. The summed E-state index contributed by atoms with van der Waals surface area (Å²) in [5.74, 6) is 0.139. The van der Waals surface area contributed by atoms with Crippen LogP contribution in [0.25, 0.3) is 0 Å². The SMILES string of the molecule is COC(=O)c1ccc(C(=O)NCc2ccc(OCc3ccccc3)cc2)cc1. The molecule has 0 fully saturated rings. The molecule has 5 heteroatoms. The number of amides is 1. The van der Waals surface area contributed by atoms with Gasteiger partial charge in [0.05, 0.1) is 12.7 Å². The molecule has 0 bridgehead atoms. The first-order chi connectivity index (χ1) is 13.7. The molecular formula is C23H21NO4. The lowest BCUT2D eigenvalue weighted by atomic mass is 10.1. The Balaban J connectivity index is 1.50. The van der Waals surface area contributed by atoms with Crippen LogP contribution < -0.4 is 10.1 Å². The highest BCUT2D eigenvalue weighted by molar-refractivity contribution is 5.96. The molecule has 0 aromatic heterocycles. The van der Waals surface area contributed by atoms with Gasteiger partial charge in [0, 0.05) is 12.1 Å². The summed E-state index contributed by atoms with van der Waals surface area (Å²) in [7, 11) is 1.32. The highest BCUT2D eigenvalue weighted by Crippen LogP contribution is 2.14. The lowest BCUT2D eigenvalue weighted by Crippen LogP contribution is -2.22. The Morgan fingerprint density at radius 3 is 2.07 bits per heavy atom. The molecule has 3 aromatic carbocycles. The summed E-state index contributed by atoms with van der Waals surface area (Å²) >= 11 is 0. The number of nitrogens with one attached hydrogen (secondary N) is 1. The molecule has 0 saturated carbocycles. The van der Waals surface area contributed by atoms with Crippen LogP contribution in [0.2, 0.25) is 0 Å². The van der Waals surface area contributed by atoms with E-state index in [-0.39, 0.29) is 5.91 Å². The van der Waals surface area contributed by atoms with E-state index in [1.807, 2.05) is 54.6 Å². The van der Waals surface area contributed by atoms with E-state index in [1.165, 1.54) is 7.11 Å². The minimum absolute atomic E-state index is 0.208. The average Bonchev–Trinajstić information content (AvgIpc) is 2.77. The van der Waals surface area contributed by atoms with Crippen molar-refractivity contribution >= 4 is 11.9 Å². The minimum Gasteiger partial charge on any atom is -0.489 e. The third kappa shape index (κ3) is 5.20. The molecule has 1 N–H and O–H groups in total. The smallest absolute Gasteiger partial charge is 0.337 e. The fraction of sp³-hybridized carbons (Fsp3) is 0.130. The number of methoxy groups -OCH3 is 1. The third-order valence-corrected chi connectivity index (χ3v) is 4.19. The maximum Gasteiger partial charge on any atom is 0.337 e. The molecule has 0 aliphatic heterocycles. The molecule has 0 aliphatic carbocycles. The standard InChI is InChI=1S/C23H21NO4/c1-27-23(26)20-11-9-19(10-12-20)22(25)24-15-17-7-13-21(14-8-17)28-16-18-5-3-2-4-6-18/h2-14H,15-16H2,1H3,(H,24,25). The van der Waals surface area contributed by atoms with E-state index in [2.05, 4.69) is 10.1 Å². The maximum absolute atomic E-state index is 12.2. The van der Waals surface area contributed by atoms with Crippen molar-refractivity contribution in [1.29, 1.82) is 0 Å². The molecule has 0 unspecified atom stereocenters. The van der Waals surface area contributed by atoms with E-state index in [9.17, 15) is 9.59 Å². The van der Waals surface area contributed by atoms with Crippen LogP contribution in [0.1, 0.15) is 31.8 Å². The van der Waals surface area contributed by atoms with Crippen molar-refractivity contribution in [1.82, 2.24) is 5.32 Å². The zero-order valence-electron chi connectivity index (χ0n) is 15.6. The van der Waals surface area contributed by atoms with Gasteiger partial charge in [0.15, 0.2) is 0 Å². The lowest BCUT2D eigenvalue weighted by molar-refractivity contribution is 0.0600. The fourth-order valence-corrected chi connectivity index (χ4v) is 2.60. The van der Waals surface area contributed by atoms with Gasteiger partial charge in [0.1, 0.15) is 12.4 Å². The number of ether oxygens (including phenoxy) is 2. The van der Waals surface area contributed by atoms with E-state index < -0.39 is 5.97 Å². The lowest BCUT2D eigenvalue weighted by Gasteiger charge is -2.09. The molecular weight excluding hydrogens is 354 g/mol. The van der Waals surface area contributed by atoms with Gasteiger partial charge in [0.25, 0.3) is 5.91 Å². The molecule has 0 atom stereocenters. The predicted octanol–water partition coefficient (Wildman–Crippen LogP) is 3.98. The van der Waals surface area contributed by atoms with Crippen LogP contribution in [0, 0.1) is 0 Å². The van der Waals surface area contributed by atoms with Crippen molar-refractivity contribution in [3.8, 4) is 5.75 Å². The second-order valence-electron chi connectivity index (χ2n) is 6.17. The Hall–Kier alpha value is -3.60. The Morgan fingerprint density at radius 2 is 1.43 bits per heavy atom. The van der Waals surface area contributed by atoms with Gasteiger partial charge in [-0.3, -0.25) is 4.79 Å². The van der Waals surface area contributed by atoms with E-state index >= 15 is 0 Å². The Labute approximate surface area is 163 Å². The van der Waals surface area contributed by atoms with Crippen molar-refractivity contribution in [3.63, 3.8) is 0 Å². The first-order valence-electron chi connectivity index (χ1n) is 8.88. The molecule has 0 heterocycles. The van der Waals surface area contributed by atoms with Crippen LogP contribution >= 0.6 is 0 Å². The summed E-state index contributed by atoms with van der Waals surface area (Å²) in [5.41, 5.74) is 2.96. The van der Waals surface area contributed by atoms with Crippen LogP contribution in [0.3, 0.4) is 0 Å². The summed E-state index contributed by atoms with van der Waals surface area (Å²) in [6.45, 7) is 0.912. The molecule has 0 saturated heterocycles. The van der Waals surface area contributed by atoms with Crippen LogP contribution in [0.4, 0.5) is 0 Å². The quantitative estimate of drug-likeness (QED) is 0.635. The van der Waals surface area contributed by atoms with Crippen LogP contribution in [-0.2, 0) is 17.9 Å². The number of hydrogen-bond acceptors (Lipinski definition) is 4. The van der Waals surface area contributed by atoms with Crippen molar-refractivity contribution in [3.05, 3.63) is 101 Å². The number of carbonyl (C=O) groups excluding carboxylic acids is 2. The van der Waals surface area contributed by atoms with Gasteiger partial charge in [-0.05, 0) is 47.5 Å². The van der Waals surface area contributed by atoms with Gasteiger partial charge < -0.3 is 14.8 Å². The molecule has 0 radical (unpaired) electrons. The topological polar surface area (TPSA) is 64.6 Å². The maximum atomic E-state index is 12.2. The van der Waals surface area contributed by atoms with Crippen molar-refractivity contribution < 1.29 is 19.1 Å². The Bertz CT molecular complexity index is 919. The molecule has 142 valence electrons. The highest BCUT2D eigenvalue weighted by atomic mass is 16.5. The van der Waals surface area contributed by atoms with E-state index in [1.54, 1.807) is 24.3 Å². The summed E-state index contributed by atoms with van der Waals surface area (Å²) in [6, 6.07) is 23.9. The number of rotatable bonds is 7. The summed E-state index contributed by atoms with van der Waals surface area (Å²) < 4.78 is 10.4. The first kappa shape index (κ1) is 19.2. The number of carbonyl (C=O) groups is 2. The van der Waals surface area contributed by atoms with Gasteiger partial charge in [-0.1, -0.05) is 42.5 Å². The van der Waals surface area contributed by atoms with Gasteiger partial charge in [-0.25, -0.2) is 4.79 Å². The Morgan fingerprint density at radius 1 is 0.786 bits per heavy atom. The zero-order valence-corrected chi connectivity index (χ0v) is 15.6. The van der Waals surface area contributed by atoms with Gasteiger partial charge in [-0.2, -0.15) is 0 Å². The minimum atomic E-state index is -0.429. The summed E-state index contributed by atoms with van der Waals surface area (Å²) in [4.78, 5) is 23.7. The first-order valence-corrected chi connectivity index (χ1v) is 8.88. The normalized spacial score (nSPS) is 10.2. The van der Waals surface area contributed by atoms with Crippen LogP contribution in [0.15, 0.2) is 78.9 Å². The molecule has 1 amide bonds. The third-order valence-electron chi connectivity index (χ3n) is 4.19. The van der Waals surface area contributed by atoms with E-state index in [4.69, 9.17) is 4.74 Å². The second kappa shape index (κ2) is 9.37. The molecule has 28 heavy (non-hydrogen) atoms. The summed E-state index contributed by atoms with van der Waals surface area (Å²) in [5, 5.41) is 2.86. The van der Waals surface area contributed by atoms with Crippen LogP contribution in [-0.4, -0.2) is 19.0 Å². The predicted molar refractivity (Wildman–Crippen MR) is 106 cm³/mol. The van der Waals surface area contributed by atoms with E-state index in [0.717, 1.165) is 16.9 Å². The van der Waals surface area contributed by atoms with Gasteiger partial charge >= 0.3 is 5.97 Å². The van der Waals surface area contributed by atoms with Gasteiger partial charge in [0.2, 0.25) is 0 Å². The zero-order chi connectivity index (χ0) is 19.8. The fourth-order valence-electron chi connectivity index (χ4n) is 2.60. The second-order valence-corrected chi connectivity index (χ2v) is 6.17. The molecule has 5 nitrogen and oxygen atoms in total. The monoisotopic (exact) mass is 375 g/mol. The number of esters is 1. The number of hydrogen-bond donors (Lipinski definition) is 1. The average molecular weight is 375 g/mol. The van der Waals surface area contributed by atoms with Crippen molar-refractivity contribution in [2.24, 2.45) is 0 Å². The number of benzene rings is 3. The Kier molecular flexibility index (Phi) is 6.41. The summed E-state index contributed by atoms with van der Waals surface area (Å²) in [6.07, 6.45) is 0. The van der Waals surface area contributed by atoms with Crippen LogP contribution in [0.5, 0.6) is 5.75 Å². The molecule has 3 rings (SSSR count). The van der Waals surface area contributed by atoms with Crippen molar-refractivity contribution in [2.45, 2.75) is 13.2 Å². The van der Waals surface area contributed by atoms with E-state index in [0.29, 0.717) is 24.3 Å². The molecule has 0 spiro atoms. The molecule has 3 aromatic rings.